The molecule has 11 heteroatoms. The lowest BCUT2D eigenvalue weighted by Gasteiger charge is -2.18. The van der Waals surface area contributed by atoms with Crippen LogP contribution in [-0.2, 0) is 16.1 Å². The molecule has 2 aromatic heterocycles. The number of ether oxygens (including phenoxy) is 2. The first-order chi connectivity index (χ1) is 18.8. The van der Waals surface area contributed by atoms with E-state index in [1.54, 1.807) is 12.1 Å². The predicted octanol–water partition coefficient (Wildman–Crippen LogP) is 5.84. The van der Waals surface area contributed by atoms with Crippen molar-refractivity contribution in [3.63, 3.8) is 0 Å². The molecule has 1 aromatic carbocycles. The number of hydrogen-bond acceptors (Lipinski definition) is 7. The van der Waals surface area contributed by atoms with Crippen molar-refractivity contribution in [1.82, 2.24) is 4.57 Å². The number of benzene rings is 1. The Balaban J connectivity index is 1.36. The number of amides is 1. The summed E-state index contributed by atoms with van der Waals surface area (Å²) in [5.41, 5.74) is 3.01. The van der Waals surface area contributed by atoms with Gasteiger partial charge in [-0.05, 0) is 69.2 Å². The number of hydrogen-bond donors (Lipinski definition) is 0. The first-order valence-corrected chi connectivity index (χ1v) is 13.5. The Kier molecular flexibility index (Phi) is 7.99. The normalized spacial score (nSPS) is 18.4. The summed E-state index contributed by atoms with van der Waals surface area (Å²) in [6.07, 6.45) is 5.19. The van der Waals surface area contributed by atoms with Gasteiger partial charge in [-0.1, -0.05) is 11.8 Å². The number of aliphatic imine (C=N–C) groups is 1. The Bertz CT molecular complexity index is 1410. The number of Topliss-reactive ketones (excluding diaryl/α,β-unsaturated/α-hetero) is 1. The number of furan rings is 1. The third kappa shape index (κ3) is 5.99. The number of alkyl halides is 2. The summed E-state index contributed by atoms with van der Waals surface area (Å²) in [6, 6.07) is 10.9. The van der Waals surface area contributed by atoms with Gasteiger partial charge in [0.1, 0.15) is 17.2 Å². The van der Waals surface area contributed by atoms with E-state index in [1.165, 1.54) is 41.5 Å². The summed E-state index contributed by atoms with van der Waals surface area (Å²) < 4.78 is 42.8. The molecule has 2 aliphatic rings. The number of nitrogens with zero attached hydrogens (tertiary/aromatic N) is 3. The zero-order valence-corrected chi connectivity index (χ0v) is 22.2. The lowest BCUT2D eigenvalue weighted by Crippen LogP contribution is -2.30. The molecular formula is C28H27F2N3O5S. The van der Waals surface area contributed by atoms with Crippen LogP contribution in [0.5, 0.6) is 5.75 Å². The molecule has 0 saturated carbocycles. The van der Waals surface area contributed by atoms with Crippen LogP contribution in [0.15, 0.2) is 63.8 Å². The molecule has 5 rings (SSSR count). The highest BCUT2D eigenvalue weighted by Gasteiger charge is 2.33. The predicted molar refractivity (Wildman–Crippen MR) is 144 cm³/mol. The Labute approximate surface area is 228 Å². The molecule has 0 bridgehead atoms. The minimum absolute atomic E-state index is 0.0357. The Morgan fingerprint density at radius 2 is 2.05 bits per heavy atom. The van der Waals surface area contributed by atoms with Crippen LogP contribution in [-0.4, -0.2) is 46.5 Å². The van der Waals surface area contributed by atoms with Gasteiger partial charge in [-0.2, -0.15) is 8.78 Å². The second-order valence-corrected chi connectivity index (χ2v) is 10.1. The van der Waals surface area contributed by atoms with E-state index in [1.807, 2.05) is 19.9 Å². The Morgan fingerprint density at radius 3 is 2.72 bits per heavy atom. The second kappa shape index (κ2) is 11.6. The SMILES string of the molecule is Cc1cc(C(=O)CSC2=N/C(=C/c3ccco3)C(=O)N2c2ccc(OC(F)F)cc2)c(C)n1C[C@@H]1CCCO1. The summed E-state index contributed by atoms with van der Waals surface area (Å²) in [6.45, 7) is 2.41. The van der Waals surface area contributed by atoms with Gasteiger partial charge in [0, 0.05) is 36.2 Å². The van der Waals surface area contributed by atoms with Gasteiger partial charge in [0.2, 0.25) is 0 Å². The van der Waals surface area contributed by atoms with Gasteiger partial charge in [0.05, 0.1) is 23.8 Å². The molecule has 2 aliphatic heterocycles. The van der Waals surface area contributed by atoms with E-state index < -0.39 is 12.5 Å². The van der Waals surface area contributed by atoms with Crippen molar-refractivity contribution in [2.75, 3.05) is 17.3 Å². The van der Waals surface area contributed by atoms with Gasteiger partial charge < -0.3 is 18.5 Å². The number of rotatable bonds is 9. The number of aromatic nitrogens is 1. The fraction of sp³-hybridized carbons (Fsp3) is 0.321. The van der Waals surface area contributed by atoms with E-state index in [9.17, 15) is 18.4 Å². The number of halogens is 2. The minimum Gasteiger partial charge on any atom is -0.465 e. The number of carbonyl (C=O) groups is 2. The summed E-state index contributed by atoms with van der Waals surface area (Å²) in [5, 5.41) is 0.293. The third-order valence-electron chi connectivity index (χ3n) is 6.59. The van der Waals surface area contributed by atoms with E-state index in [2.05, 4.69) is 14.3 Å². The molecule has 0 spiro atoms. The monoisotopic (exact) mass is 555 g/mol. The molecule has 0 aliphatic carbocycles. The quantitative estimate of drug-likeness (QED) is 0.244. The largest absolute Gasteiger partial charge is 0.465 e. The van der Waals surface area contributed by atoms with Crippen LogP contribution < -0.4 is 9.64 Å². The smallest absolute Gasteiger partial charge is 0.387 e. The van der Waals surface area contributed by atoms with Crippen molar-refractivity contribution >= 4 is 40.4 Å². The average Bonchev–Trinajstić information content (AvgIpc) is 3.71. The maximum Gasteiger partial charge on any atom is 0.387 e. The molecule has 4 heterocycles. The zero-order chi connectivity index (χ0) is 27.5. The van der Waals surface area contributed by atoms with Crippen molar-refractivity contribution in [2.24, 2.45) is 4.99 Å². The topological polar surface area (TPSA) is 86.3 Å². The highest BCUT2D eigenvalue weighted by atomic mass is 32.2. The van der Waals surface area contributed by atoms with Crippen LogP contribution in [0.3, 0.4) is 0 Å². The van der Waals surface area contributed by atoms with Crippen molar-refractivity contribution in [3.05, 3.63) is 77.1 Å². The highest BCUT2D eigenvalue weighted by molar-refractivity contribution is 8.14. The zero-order valence-electron chi connectivity index (χ0n) is 21.4. The number of anilines is 1. The van der Waals surface area contributed by atoms with Crippen LogP contribution in [0.2, 0.25) is 0 Å². The van der Waals surface area contributed by atoms with Crippen LogP contribution in [0.4, 0.5) is 14.5 Å². The van der Waals surface area contributed by atoms with Gasteiger partial charge in [-0.25, -0.2) is 4.99 Å². The molecule has 1 atom stereocenters. The van der Waals surface area contributed by atoms with Crippen molar-refractivity contribution in [2.45, 2.75) is 45.9 Å². The molecule has 1 saturated heterocycles. The first-order valence-electron chi connectivity index (χ1n) is 12.5. The lowest BCUT2D eigenvalue weighted by molar-refractivity contribution is -0.113. The molecule has 39 heavy (non-hydrogen) atoms. The number of amidine groups is 1. The van der Waals surface area contributed by atoms with Gasteiger partial charge in [0.25, 0.3) is 5.91 Å². The summed E-state index contributed by atoms with van der Waals surface area (Å²) in [7, 11) is 0. The van der Waals surface area contributed by atoms with Crippen LogP contribution >= 0.6 is 11.8 Å². The molecule has 204 valence electrons. The minimum atomic E-state index is -2.96. The maximum absolute atomic E-state index is 13.3. The molecule has 0 unspecified atom stereocenters. The molecule has 1 fully saturated rings. The molecule has 0 radical (unpaired) electrons. The van der Waals surface area contributed by atoms with Crippen LogP contribution in [0.25, 0.3) is 6.08 Å². The van der Waals surface area contributed by atoms with Gasteiger partial charge in [-0.15, -0.1) is 0 Å². The van der Waals surface area contributed by atoms with E-state index in [-0.39, 0.29) is 29.1 Å². The molecular weight excluding hydrogens is 528 g/mol. The van der Waals surface area contributed by atoms with Crippen LogP contribution in [0, 0.1) is 13.8 Å². The van der Waals surface area contributed by atoms with E-state index in [0.29, 0.717) is 28.7 Å². The van der Waals surface area contributed by atoms with Crippen molar-refractivity contribution in [1.29, 1.82) is 0 Å². The first kappa shape index (κ1) is 26.9. The maximum atomic E-state index is 13.3. The summed E-state index contributed by atoms with van der Waals surface area (Å²) in [4.78, 5) is 32.4. The summed E-state index contributed by atoms with van der Waals surface area (Å²) >= 11 is 1.13. The molecule has 1 amide bonds. The van der Waals surface area contributed by atoms with Gasteiger partial charge >= 0.3 is 6.61 Å². The van der Waals surface area contributed by atoms with E-state index in [4.69, 9.17) is 9.15 Å². The van der Waals surface area contributed by atoms with E-state index in [0.717, 1.165) is 42.6 Å². The average molecular weight is 556 g/mol. The van der Waals surface area contributed by atoms with Gasteiger partial charge in [-0.3, -0.25) is 14.5 Å². The third-order valence-corrected chi connectivity index (χ3v) is 7.53. The van der Waals surface area contributed by atoms with E-state index >= 15 is 0 Å². The number of aryl methyl sites for hydroxylation is 1. The Hall–Kier alpha value is -3.70. The molecule has 3 aromatic rings. The van der Waals surface area contributed by atoms with Crippen molar-refractivity contribution in [3.8, 4) is 5.75 Å². The van der Waals surface area contributed by atoms with Crippen LogP contribution in [0.1, 0.15) is 40.3 Å². The Morgan fingerprint density at radius 1 is 1.26 bits per heavy atom. The summed E-state index contributed by atoms with van der Waals surface area (Å²) in [5.74, 6) is -0.0623. The highest BCUT2D eigenvalue weighted by Crippen LogP contribution is 2.32. The molecule has 0 N–H and O–H groups in total. The lowest BCUT2D eigenvalue weighted by atomic mass is 10.2. The second-order valence-electron chi connectivity index (χ2n) is 9.19. The number of thioether (sulfide) groups is 1. The fourth-order valence-electron chi connectivity index (χ4n) is 4.67. The van der Waals surface area contributed by atoms with Gasteiger partial charge in [0.15, 0.2) is 11.0 Å². The fourth-order valence-corrected chi connectivity index (χ4v) is 5.57. The molecule has 8 nitrogen and oxygen atoms in total. The number of ketones is 1. The van der Waals surface area contributed by atoms with Crippen molar-refractivity contribution < 1.29 is 32.3 Å². The standard InChI is InChI=1S/C28H27F2N3O5S/c1-17-13-23(18(2)32(17)15-22-6-4-12-37-22)25(34)16-39-28-31-24(14-21-5-3-11-36-21)26(35)33(28)19-7-9-20(10-8-19)38-27(29)30/h3,5,7-11,13-14,22,27H,4,6,12,15-16H2,1-2H3/b24-14+/t22-/m0/s1. The number of carbonyl (C=O) groups excluding carboxylic acids is 2.